The van der Waals surface area contributed by atoms with Gasteiger partial charge in [-0.25, -0.2) is 4.98 Å². The summed E-state index contributed by atoms with van der Waals surface area (Å²) in [6, 6.07) is 1.82. The highest BCUT2D eigenvalue weighted by molar-refractivity contribution is 9.10. The lowest BCUT2D eigenvalue weighted by Crippen LogP contribution is -2.28. The van der Waals surface area contributed by atoms with Crippen LogP contribution in [0.5, 0.6) is 0 Å². The van der Waals surface area contributed by atoms with Crippen molar-refractivity contribution in [3.8, 4) is 0 Å². The Morgan fingerprint density at radius 2 is 2.27 bits per heavy atom. The van der Waals surface area contributed by atoms with Crippen LogP contribution in [0.3, 0.4) is 0 Å². The standard InChI is InChI=1S/C10H16BrN3O/c1-2-3-14(4-5-15)10-9(11)6-8(12)7-13-10/h6-7,15H,2-5,12H2,1H3. The molecule has 0 aliphatic carbocycles. The summed E-state index contributed by atoms with van der Waals surface area (Å²) in [7, 11) is 0. The molecular formula is C10H16BrN3O. The van der Waals surface area contributed by atoms with Gasteiger partial charge in [0.15, 0.2) is 0 Å². The highest BCUT2D eigenvalue weighted by Gasteiger charge is 2.10. The Labute approximate surface area is 98.2 Å². The molecule has 0 spiro atoms. The van der Waals surface area contributed by atoms with Crippen molar-refractivity contribution in [1.82, 2.24) is 4.98 Å². The van der Waals surface area contributed by atoms with Gasteiger partial charge in [0.2, 0.25) is 0 Å². The van der Waals surface area contributed by atoms with Crippen LogP contribution in [0.25, 0.3) is 0 Å². The Balaban J connectivity index is 2.89. The van der Waals surface area contributed by atoms with Crippen LogP contribution in [0.15, 0.2) is 16.7 Å². The summed E-state index contributed by atoms with van der Waals surface area (Å²) < 4.78 is 0.865. The van der Waals surface area contributed by atoms with E-state index in [9.17, 15) is 0 Å². The number of hydrogen-bond acceptors (Lipinski definition) is 4. The van der Waals surface area contributed by atoms with Gasteiger partial charge in [0.25, 0.3) is 0 Å². The molecule has 0 aliphatic rings. The molecule has 0 amide bonds. The maximum absolute atomic E-state index is 8.96. The summed E-state index contributed by atoms with van der Waals surface area (Å²) in [5.74, 6) is 0.833. The zero-order chi connectivity index (χ0) is 11.3. The number of nitrogens with zero attached hydrogens (tertiary/aromatic N) is 2. The van der Waals surface area contributed by atoms with Crippen molar-refractivity contribution in [1.29, 1.82) is 0 Å². The van der Waals surface area contributed by atoms with Gasteiger partial charge < -0.3 is 15.7 Å². The predicted molar refractivity (Wildman–Crippen MR) is 65.9 cm³/mol. The lowest BCUT2D eigenvalue weighted by Gasteiger charge is -2.23. The maximum Gasteiger partial charge on any atom is 0.143 e. The molecular weight excluding hydrogens is 258 g/mol. The molecule has 1 heterocycles. The molecule has 0 aromatic carbocycles. The lowest BCUT2D eigenvalue weighted by molar-refractivity contribution is 0.301. The first-order valence-corrected chi connectivity index (χ1v) is 5.75. The third-order valence-corrected chi connectivity index (χ3v) is 2.59. The predicted octanol–water partition coefficient (Wildman–Crippen LogP) is 1.63. The van der Waals surface area contributed by atoms with Crippen LogP contribution in [0, 0.1) is 0 Å². The Kier molecular flexibility index (Phi) is 4.84. The van der Waals surface area contributed by atoms with Gasteiger partial charge in [0.1, 0.15) is 5.82 Å². The van der Waals surface area contributed by atoms with Crippen LogP contribution in [0.2, 0.25) is 0 Å². The number of halogens is 1. The summed E-state index contributed by atoms with van der Waals surface area (Å²) in [5, 5.41) is 8.96. The van der Waals surface area contributed by atoms with E-state index >= 15 is 0 Å². The molecule has 0 saturated heterocycles. The van der Waals surface area contributed by atoms with Crippen LogP contribution >= 0.6 is 15.9 Å². The number of aromatic nitrogens is 1. The number of rotatable bonds is 5. The number of nitrogens with two attached hydrogens (primary N) is 1. The first-order chi connectivity index (χ1) is 7.19. The van der Waals surface area contributed by atoms with E-state index in [0.717, 1.165) is 23.3 Å². The second-order valence-corrected chi connectivity index (χ2v) is 4.14. The Morgan fingerprint density at radius 1 is 1.53 bits per heavy atom. The first kappa shape index (κ1) is 12.3. The van der Waals surface area contributed by atoms with E-state index in [1.54, 1.807) is 6.20 Å². The lowest BCUT2D eigenvalue weighted by atomic mass is 10.3. The first-order valence-electron chi connectivity index (χ1n) is 4.95. The molecule has 0 aliphatic heterocycles. The zero-order valence-electron chi connectivity index (χ0n) is 8.78. The van der Waals surface area contributed by atoms with Gasteiger partial charge in [-0.2, -0.15) is 0 Å². The Bertz CT molecular complexity index is 314. The monoisotopic (exact) mass is 273 g/mol. The maximum atomic E-state index is 8.96. The third-order valence-electron chi connectivity index (χ3n) is 2.01. The molecule has 15 heavy (non-hydrogen) atoms. The molecule has 0 saturated carbocycles. The fraction of sp³-hybridized carbons (Fsp3) is 0.500. The van der Waals surface area contributed by atoms with E-state index < -0.39 is 0 Å². The van der Waals surface area contributed by atoms with Crippen molar-refractivity contribution in [2.45, 2.75) is 13.3 Å². The van der Waals surface area contributed by atoms with Crippen LogP contribution in [0.1, 0.15) is 13.3 Å². The number of hydrogen-bond donors (Lipinski definition) is 2. The highest BCUT2D eigenvalue weighted by Crippen LogP contribution is 2.25. The fourth-order valence-corrected chi connectivity index (χ4v) is 2.01. The van der Waals surface area contributed by atoms with Crippen LogP contribution in [-0.4, -0.2) is 29.8 Å². The minimum Gasteiger partial charge on any atom is -0.397 e. The van der Waals surface area contributed by atoms with Crippen molar-refractivity contribution in [2.75, 3.05) is 30.3 Å². The molecule has 0 unspecified atom stereocenters. The molecule has 5 heteroatoms. The van der Waals surface area contributed by atoms with Gasteiger partial charge in [-0.05, 0) is 28.4 Å². The van der Waals surface area contributed by atoms with Gasteiger partial charge in [-0.15, -0.1) is 0 Å². The molecule has 1 aromatic rings. The van der Waals surface area contributed by atoms with Crippen LogP contribution < -0.4 is 10.6 Å². The summed E-state index contributed by atoms with van der Waals surface area (Å²) in [4.78, 5) is 6.29. The van der Waals surface area contributed by atoms with Crippen LogP contribution in [0.4, 0.5) is 11.5 Å². The van der Waals surface area contributed by atoms with E-state index in [1.807, 2.05) is 11.0 Å². The van der Waals surface area contributed by atoms with E-state index in [4.69, 9.17) is 10.8 Å². The Morgan fingerprint density at radius 3 is 2.80 bits per heavy atom. The van der Waals surface area contributed by atoms with Crippen molar-refractivity contribution >= 4 is 27.4 Å². The number of aliphatic hydroxyl groups is 1. The minimum atomic E-state index is 0.124. The summed E-state index contributed by atoms with van der Waals surface area (Å²) in [6.45, 7) is 3.67. The number of aliphatic hydroxyl groups excluding tert-OH is 1. The second-order valence-electron chi connectivity index (χ2n) is 3.28. The van der Waals surface area contributed by atoms with Crippen molar-refractivity contribution in [2.24, 2.45) is 0 Å². The highest BCUT2D eigenvalue weighted by atomic mass is 79.9. The molecule has 1 aromatic heterocycles. The van der Waals surface area contributed by atoms with E-state index in [0.29, 0.717) is 12.2 Å². The van der Waals surface area contributed by atoms with E-state index in [2.05, 4.69) is 27.8 Å². The second kappa shape index (κ2) is 5.92. The number of nitrogen functional groups attached to an aromatic ring is 1. The number of pyridine rings is 1. The largest absolute Gasteiger partial charge is 0.397 e. The van der Waals surface area contributed by atoms with Gasteiger partial charge in [-0.1, -0.05) is 6.92 Å². The average molecular weight is 274 g/mol. The van der Waals surface area contributed by atoms with Crippen molar-refractivity contribution in [3.05, 3.63) is 16.7 Å². The molecule has 0 atom stereocenters. The van der Waals surface area contributed by atoms with Gasteiger partial charge in [-0.3, -0.25) is 0 Å². The van der Waals surface area contributed by atoms with Gasteiger partial charge in [0.05, 0.1) is 23.0 Å². The molecule has 0 fully saturated rings. The number of anilines is 2. The molecule has 3 N–H and O–H groups in total. The molecule has 4 nitrogen and oxygen atoms in total. The zero-order valence-corrected chi connectivity index (χ0v) is 10.4. The summed E-state index contributed by atoms with van der Waals surface area (Å²) >= 11 is 3.42. The third kappa shape index (κ3) is 3.35. The van der Waals surface area contributed by atoms with Crippen LogP contribution in [-0.2, 0) is 0 Å². The molecule has 84 valence electrons. The quantitative estimate of drug-likeness (QED) is 0.856. The van der Waals surface area contributed by atoms with E-state index in [1.165, 1.54) is 0 Å². The SMILES string of the molecule is CCCN(CCO)c1ncc(N)cc1Br. The van der Waals surface area contributed by atoms with Crippen molar-refractivity contribution in [3.63, 3.8) is 0 Å². The van der Waals surface area contributed by atoms with E-state index in [-0.39, 0.29) is 6.61 Å². The fourth-order valence-electron chi connectivity index (χ4n) is 1.39. The minimum absolute atomic E-state index is 0.124. The summed E-state index contributed by atoms with van der Waals surface area (Å²) in [5.41, 5.74) is 6.25. The molecule has 1 rings (SSSR count). The topological polar surface area (TPSA) is 62.4 Å². The smallest absolute Gasteiger partial charge is 0.143 e. The molecule has 0 radical (unpaired) electrons. The van der Waals surface area contributed by atoms with Gasteiger partial charge >= 0.3 is 0 Å². The summed E-state index contributed by atoms with van der Waals surface area (Å²) in [6.07, 6.45) is 2.64. The normalized spacial score (nSPS) is 10.3. The Hall–Kier alpha value is -0.810. The molecule has 0 bridgehead atoms. The van der Waals surface area contributed by atoms with Crippen molar-refractivity contribution < 1.29 is 5.11 Å². The van der Waals surface area contributed by atoms with Gasteiger partial charge in [0, 0.05) is 13.1 Å². The average Bonchev–Trinajstić information content (AvgIpc) is 2.17.